The average Bonchev–Trinajstić information content (AvgIpc) is 1.98. The summed E-state index contributed by atoms with van der Waals surface area (Å²) < 4.78 is 0. The highest BCUT2D eigenvalue weighted by atomic mass is 28.3. The van der Waals surface area contributed by atoms with Gasteiger partial charge < -0.3 is 0 Å². The van der Waals surface area contributed by atoms with E-state index < -0.39 is 8.07 Å². The zero-order valence-corrected chi connectivity index (χ0v) is 13.6. The summed E-state index contributed by atoms with van der Waals surface area (Å²) >= 11 is 0. The predicted molar refractivity (Wildman–Crippen MR) is 78.7 cm³/mol. The van der Waals surface area contributed by atoms with Gasteiger partial charge in [0.25, 0.3) is 0 Å². The molecule has 0 aromatic heterocycles. The van der Waals surface area contributed by atoms with Crippen LogP contribution in [0.3, 0.4) is 0 Å². The molecule has 0 fully saturated rings. The molecule has 2 heteroatoms. The lowest BCUT2D eigenvalue weighted by molar-refractivity contribution is 0.177. The van der Waals surface area contributed by atoms with Gasteiger partial charge in [-0.05, 0) is 41.0 Å². The molecule has 0 spiro atoms. The molecule has 0 heterocycles. The fourth-order valence-corrected chi connectivity index (χ4v) is 3.85. The zero-order valence-electron chi connectivity index (χ0n) is 12.6. The second kappa shape index (κ2) is 6.60. The van der Waals surface area contributed by atoms with Crippen LogP contribution in [0.25, 0.3) is 0 Å². The van der Waals surface area contributed by atoms with E-state index in [0.29, 0.717) is 12.1 Å². The van der Waals surface area contributed by atoms with E-state index >= 15 is 0 Å². The van der Waals surface area contributed by atoms with Crippen molar-refractivity contribution in [2.45, 2.75) is 72.8 Å². The summed E-state index contributed by atoms with van der Waals surface area (Å²) in [5, 5.41) is 0. The Morgan fingerprint density at radius 3 is 1.81 bits per heavy atom. The molecule has 0 atom stereocenters. The van der Waals surface area contributed by atoms with E-state index in [2.05, 4.69) is 64.9 Å². The summed E-state index contributed by atoms with van der Waals surface area (Å²) in [6.07, 6.45) is 1.22. The van der Waals surface area contributed by atoms with Gasteiger partial charge in [-0.1, -0.05) is 30.9 Å². The standard InChI is InChI=1S/C14H31NSi/c1-12(2)15(13(3)4)10-9-14(5)11-16(6,7)8/h11-13H,9-10H2,1-8H3/b14-11-. The lowest BCUT2D eigenvalue weighted by atomic mass is 10.2. The molecule has 0 aliphatic heterocycles. The Kier molecular flexibility index (Phi) is 6.57. The van der Waals surface area contributed by atoms with Gasteiger partial charge in [0.2, 0.25) is 0 Å². The SMILES string of the molecule is C/C(=C/[Si](C)(C)C)CCN(C(C)C)C(C)C. The fourth-order valence-electron chi connectivity index (χ4n) is 2.23. The summed E-state index contributed by atoms with van der Waals surface area (Å²) in [6, 6.07) is 1.30. The third kappa shape index (κ3) is 7.23. The lowest BCUT2D eigenvalue weighted by Gasteiger charge is -2.30. The van der Waals surface area contributed by atoms with Gasteiger partial charge in [-0.2, -0.15) is 0 Å². The molecule has 0 aliphatic carbocycles. The second-order valence-corrected chi connectivity index (χ2v) is 11.6. The van der Waals surface area contributed by atoms with E-state index in [-0.39, 0.29) is 0 Å². The van der Waals surface area contributed by atoms with Gasteiger partial charge >= 0.3 is 0 Å². The highest BCUT2D eigenvalue weighted by Gasteiger charge is 2.14. The van der Waals surface area contributed by atoms with Crippen molar-refractivity contribution in [3.05, 3.63) is 11.3 Å². The Morgan fingerprint density at radius 1 is 1.06 bits per heavy atom. The Hall–Kier alpha value is -0.0831. The van der Waals surface area contributed by atoms with Crippen LogP contribution < -0.4 is 0 Å². The van der Waals surface area contributed by atoms with E-state index in [9.17, 15) is 0 Å². The molecule has 0 saturated heterocycles. The molecule has 0 rings (SSSR count). The van der Waals surface area contributed by atoms with E-state index in [1.807, 2.05) is 0 Å². The number of rotatable bonds is 6. The van der Waals surface area contributed by atoms with Crippen molar-refractivity contribution in [1.82, 2.24) is 4.90 Å². The van der Waals surface area contributed by atoms with Gasteiger partial charge in [-0.3, -0.25) is 4.90 Å². The summed E-state index contributed by atoms with van der Waals surface area (Å²) in [7, 11) is -1.03. The van der Waals surface area contributed by atoms with Gasteiger partial charge in [0.1, 0.15) is 0 Å². The van der Waals surface area contributed by atoms with Gasteiger partial charge in [0.05, 0.1) is 8.07 Å². The fraction of sp³-hybridized carbons (Fsp3) is 0.857. The van der Waals surface area contributed by atoms with Gasteiger partial charge in [-0.25, -0.2) is 0 Å². The maximum atomic E-state index is 2.57. The lowest BCUT2D eigenvalue weighted by Crippen LogP contribution is -2.37. The van der Waals surface area contributed by atoms with Crippen molar-refractivity contribution in [1.29, 1.82) is 0 Å². The molecule has 0 N–H and O–H groups in total. The van der Waals surface area contributed by atoms with E-state index in [1.165, 1.54) is 13.0 Å². The summed E-state index contributed by atoms with van der Waals surface area (Å²) in [4.78, 5) is 2.57. The van der Waals surface area contributed by atoms with Crippen LogP contribution in [0.2, 0.25) is 19.6 Å². The Balaban J connectivity index is 4.27. The minimum atomic E-state index is -1.03. The molecular formula is C14H31NSi. The first-order valence-electron chi connectivity index (χ1n) is 6.57. The van der Waals surface area contributed by atoms with E-state index in [4.69, 9.17) is 0 Å². The quantitative estimate of drug-likeness (QED) is 0.626. The number of hydrogen-bond donors (Lipinski definition) is 0. The van der Waals surface area contributed by atoms with Gasteiger partial charge in [-0.15, -0.1) is 0 Å². The molecule has 0 bridgehead atoms. The molecule has 0 aromatic rings. The largest absolute Gasteiger partial charge is 0.298 e. The normalized spacial score (nSPS) is 14.3. The summed E-state index contributed by atoms with van der Waals surface area (Å²) in [6.45, 7) is 19.8. The highest BCUT2D eigenvalue weighted by Crippen LogP contribution is 2.13. The molecule has 0 aliphatic rings. The second-order valence-electron chi connectivity index (χ2n) is 6.53. The van der Waals surface area contributed by atoms with Crippen molar-refractivity contribution in [3.63, 3.8) is 0 Å². The van der Waals surface area contributed by atoms with Crippen molar-refractivity contribution in [2.75, 3.05) is 6.54 Å². The maximum absolute atomic E-state index is 2.57. The van der Waals surface area contributed by atoms with Crippen molar-refractivity contribution in [2.24, 2.45) is 0 Å². The molecule has 0 saturated carbocycles. The Bertz CT molecular complexity index is 215. The number of hydrogen-bond acceptors (Lipinski definition) is 1. The molecule has 0 amide bonds. The first kappa shape index (κ1) is 15.9. The van der Waals surface area contributed by atoms with Crippen LogP contribution in [-0.2, 0) is 0 Å². The number of nitrogens with zero attached hydrogens (tertiary/aromatic N) is 1. The van der Waals surface area contributed by atoms with E-state index in [0.717, 1.165) is 0 Å². The van der Waals surface area contributed by atoms with Crippen LogP contribution >= 0.6 is 0 Å². The molecule has 0 aromatic carbocycles. The van der Waals surface area contributed by atoms with Crippen LogP contribution in [0.1, 0.15) is 41.0 Å². The van der Waals surface area contributed by atoms with Gasteiger partial charge in [0, 0.05) is 18.6 Å². The monoisotopic (exact) mass is 241 g/mol. The molecule has 96 valence electrons. The molecule has 0 unspecified atom stereocenters. The van der Waals surface area contributed by atoms with Gasteiger partial charge in [0.15, 0.2) is 0 Å². The van der Waals surface area contributed by atoms with Crippen LogP contribution in [0.5, 0.6) is 0 Å². The topological polar surface area (TPSA) is 3.24 Å². The average molecular weight is 241 g/mol. The minimum Gasteiger partial charge on any atom is -0.298 e. The van der Waals surface area contributed by atoms with Crippen LogP contribution in [0.15, 0.2) is 11.3 Å². The van der Waals surface area contributed by atoms with Crippen LogP contribution in [-0.4, -0.2) is 31.6 Å². The third-order valence-electron chi connectivity index (χ3n) is 2.77. The highest BCUT2D eigenvalue weighted by molar-refractivity contribution is 6.81. The summed E-state index contributed by atoms with van der Waals surface area (Å²) in [5.74, 6) is 0. The predicted octanol–water partition coefficient (Wildman–Crippen LogP) is 4.32. The van der Waals surface area contributed by atoms with Crippen molar-refractivity contribution < 1.29 is 0 Å². The summed E-state index contributed by atoms with van der Waals surface area (Å²) in [5.41, 5.74) is 4.11. The minimum absolute atomic E-state index is 0.652. The zero-order chi connectivity index (χ0) is 12.9. The maximum Gasteiger partial charge on any atom is 0.0686 e. The van der Waals surface area contributed by atoms with Crippen molar-refractivity contribution in [3.8, 4) is 0 Å². The molecular weight excluding hydrogens is 210 g/mol. The van der Waals surface area contributed by atoms with Crippen molar-refractivity contribution >= 4 is 8.07 Å². The van der Waals surface area contributed by atoms with Crippen LogP contribution in [0.4, 0.5) is 0 Å². The first-order valence-corrected chi connectivity index (χ1v) is 10.2. The Morgan fingerprint density at radius 2 is 1.50 bits per heavy atom. The molecule has 1 nitrogen and oxygen atoms in total. The smallest absolute Gasteiger partial charge is 0.0686 e. The Labute approximate surface area is 104 Å². The van der Waals surface area contributed by atoms with Crippen LogP contribution in [0, 0.1) is 0 Å². The third-order valence-corrected chi connectivity index (χ3v) is 4.13. The van der Waals surface area contributed by atoms with E-state index in [1.54, 1.807) is 5.57 Å². The molecule has 16 heavy (non-hydrogen) atoms. The molecule has 0 radical (unpaired) electrons. The first-order chi connectivity index (χ1) is 7.13.